The third-order valence-electron chi connectivity index (χ3n) is 6.55. The normalized spacial score (nSPS) is 15.4. The molecule has 3 N–H and O–H groups in total. The highest BCUT2D eigenvalue weighted by molar-refractivity contribution is 6.00. The van der Waals surface area contributed by atoms with E-state index in [9.17, 15) is 9.18 Å². The molecular weight excluding hydrogens is 455 g/mol. The minimum absolute atomic E-state index is 0.233. The van der Waals surface area contributed by atoms with E-state index in [0.717, 1.165) is 24.9 Å². The number of nitrogens with zero attached hydrogens (tertiary/aromatic N) is 3. The summed E-state index contributed by atoms with van der Waals surface area (Å²) < 4.78 is 14.5. The number of aryl methyl sites for hydroxylation is 1. The Labute approximate surface area is 212 Å². The average molecular weight is 491 g/mol. The van der Waals surface area contributed by atoms with E-state index in [2.05, 4.69) is 63.1 Å². The molecule has 7 nitrogen and oxygen atoms in total. The molecule has 4 rings (SSSR count). The molecule has 2 aromatic heterocycles. The molecule has 36 heavy (non-hydrogen) atoms. The van der Waals surface area contributed by atoms with Crippen molar-refractivity contribution in [2.24, 2.45) is 0 Å². The molecule has 8 heteroatoms. The van der Waals surface area contributed by atoms with Crippen molar-refractivity contribution in [3.63, 3.8) is 0 Å². The predicted molar refractivity (Wildman–Crippen MR) is 143 cm³/mol. The molecule has 0 spiro atoms. The van der Waals surface area contributed by atoms with Gasteiger partial charge in [-0.2, -0.15) is 0 Å². The first-order chi connectivity index (χ1) is 17.1. The van der Waals surface area contributed by atoms with E-state index in [1.807, 2.05) is 6.92 Å². The molecule has 1 unspecified atom stereocenters. The predicted octanol–water partition coefficient (Wildman–Crippen LogP) is 5.34. The molecular formula is C28H35FN6O. The first-order valence-corrected chi connectivity index (χ1v) is 12.4. The van der Waals surface area contributed by atoms with Crippen molar-refractivity contribution in [1.82, 2.24) is 20.2 Å². The number of nitrogens with one attached hydrogen (secondary N) is 3. The lowest BCUT2D eigenvalue weighted by Gasteiger charge is -2.30. The van der Waals surface area contributed by atoms with Gasteiger partial charge in [0.05, 0.1) is 16.9 Å². The summed E-state index contributed by atoms with van der Waals surface area (Å²) in [4.78, 5) is 23.6. The Kier molecular flexibility index (Phi) is 7.54. The summed E-state index contributed by atoms with van der Waals surface area (Å²) in [5.41, 5.74) is 4.03. The first-order valence-electron chi connectivity index (χ1n) is 12.4. The molecule has 1 aliphatic rings. The zero-order chi connectivity index (χ0) is 25.9. The van der Waals surface area contributed by atoms with E-state index in [-0.39, 0.29) is 5.91 Å². The molecule has 1 atom stereocenters. The van der Waals surface area contributed by atoms with Crippen LogP contribution < -0.4 is 16.0 Å². The van der Waals surface area contributed by atoms with Crippen LogP contribution in [-0.4, -0.2) is 47.5 Å². The van der Waals surface area contributed by atoms with Gasteiger partial charge in [0.15, 0.2) is 0 Å². The van der Waals surface area contributed by atoms with Gasteiger partial charge in [-0.1, -0.05) is 6.07 Å². The topological polar surface area (TPSA) is 82.2 Å². The van der Waals surface area contributed by atoms with Gasteiger partial charge in [0.25, 0.3) is 5.91 Å². The molecule has 0 saturated carbocycles. The second kappa shape index (κ2) is 10.6. The van der Waals surface area contributed by atoms with E-state index in [0.29, 0.717) is 41.0 Å². The molecule has 190 valence electrons. The van der Waals surface area contributed by atoms with Crippen molar-refractivity contribution >= 4 is 28.8 Å². The second-order valence-corrected chi connectivity index (χ2v) is 9.97. The fourth-order valence-corrected chi connectivity index (χ4v) is 4.46. The van der Waals surface area contributed by atoms with Gasteiger partial charge in [0.1, 0.15) is 11.5 Å². The highest BCUT2D eigenvalue weighted by Gasteiger charge is 2.22. The van der Waals surface area contributed by atoms with Gasteiger partial charge in [-0.3, -0.25) is 9.78 Å². The van der Waals surface area contributed by atoms with E-state index < -0.39 is 5.67 Å². The number of fused-ring (bicyclic) bond motifs is 1. The number of hydrogen-bond donors (Lipinski definition) is 3. The van der Waals surface area contributed by atoms with Crippen molar-refractivity contribution in [3.8, 4) is 0 Å². The Morgan fingerprint density at radius 3 is 2.58 bits per heavy atom. The Morgan fingerprint density at radius 2 is 1.86 bits per heavy atom. The SMILES string of the molecule is CCNC(=O)c1cnc(Nc2ccc3c(c2)CCC(N(C)C)C3)cc1Nc1ccnc(C(C)(C)F)c1. The third-order valence-corrected chi connectivity index (χ3v) is 6.55. The fourth-order valence-electron chi connectivity index (χ4n) is 4.46. The van der Waals surface area contributed by atoms with Crippen LogP contribution in [0, 0.1) is 0 Å². The maximum atomic E-state index is 14.5. The molecule has 0 saturated heterocycles. The third kappa shape index (κ3) is 5.99. The minimum Gasteiger partial charge on any atom is -0.355 e. The number of aromatic nitrogens is 2. The number of likely N-dealkylation sites (N-methyl/N-ethyl adjacent to an activating group) is 1. The minimum atomic E-state index is -1.58. The van der Waals surface area contributed by atoms with Gasteiger partial charge < -0.3 is 20.9 Å². The summed E-state index contributed by atoms with van der Waals surface area (Å²) in [6, 6.07) is 12.2. The number of benzene rings is 1. The van der Waals surface area contributed by atoms with Gasteiger partial charge in [-0.15, -0.1) is 0 Å². The molecule has 0 fully saturated rings. The Balaban J connectivity index is 1.60. The van der Waals surface area contributed by atoms with Gasteiger partial charge >= 0.3 is 0 Å². The number of carbonyl (C=O) groups is 1. The molecule has 0 bridgehead atoms. The molecule has 1 amide bonds. The molecule has 2 heterocycles. The summed E-state index contributed by atoms with van der Waals surface area (Å²) in [5, 5.41) is 9.47. The largest absolute Gasteiger partial charge is 0.355 e. The molecule has 1 aromatic carbocycles. The van der Waals surface area contributed by atoms with Crippen LogP contribution in [0.1, 0.15) is 54.4 Å². The summed E-state index contributed by atoms with van der Waals surface area (Å²) >= 11 is 0. The highest BCUT2D eigenvalue weighted by Crippen LogP contribution is 2.30. The fraction of sp³-hybridized carbons (Fsp3) is 0.393. The van der Waals surface area contributed by atoms with E-state index in [4.69, 9.17) is 0 Å². The monoisotopic (exact) mass is 490 g/mol. The number of hydrogen-bond acceptors (Lipinski definition) is 6. The summed E-state index contributed by atoms with van der Waals surface area (Å²) in [6.07, 6.45) is 6.34. The number of rotatable bonds is 8. The number of pyridine rings is 2. The van der Waals surface area contributed by atoms with Crippen molar-refractivity contribution in [3.05, 3.63) is 71.2 Å². The quantitative estimate of drug-likeness (QED) is 0.396. The number of carbonyl (C=O) groups excluding carboxylic acids is 1. The van der Waals surface area contributed by atoms with Crippen LogP contribution in [-0.2, 0) is 18.5 Å². The molecule has 3 aromatic rings. The van der Waals surface area contributed by atoms with E-state index in [1.54, 1.807) is 30.6 Å². The number of anilines is 4. The lowest BCUT2D eigenvalue weighted by Crippen LogP contribution is -2.33. The van der Waals surface area contributed by atoms with Crippen LogP contribution in [0.25, 0.3) is 0 Å². The second-order valence-electron chi connectivity index (χ2n) is 9.97. The standard InChI is InChI=1S/C28H35FN6O/c1-6-30-27(36)23-17-32-26(16-24(23)33-21-11-12-31-25(15-21)28(2,3)29)34-20-9-7-19-14-22(35(4)5)10-8-18(19)13-20/h7,9,11-13,15-17,22H,6,8,10,14H2,1-5H3,(H,30,36)(H2,31,32,33,34). The summed E-state index contributed by atoms with van der Waals surface area (Å²) in [7, 11) is 4.27. The Bertz CT molecular complexity index is 1240. The van der Waals surface area contributed by atoms with E-state index in [1.165, 1.54) is 25.0 Å². The van der Waals surface area contributed by atoms with Crippen LogP contribution in [0.15, 0.2) is 48.8 Å². The Hall–Kier alpha value is -3.52. The van der Waals surface area contributed by atoms with E-state index >= 15 is 0 Å². The molecule has 1 aliphatic carbocycles. The number of halogens is 1. The maximum Gasteiger partial charge on any atom is 0.254 e. The maximum absolute atomic E-state index is 14.5. The van der Waals surface area contributed by atoms with Crippen molar-refractivity contribution in [2.45, 2.75) is 51.7 Å². The van der Waals surface area contributed by atoms with Crippen LogP contribution >= 0.6 is 0 Å². The smallest absolute Gasteiger partial charge is 0.254 e. The van der Waals surface area contributed by atoms with Gasteiger partial charge in [0, 0.05) is 42.4 Å². The van der Waals surface area contributed by atoms with Crippen molar-refractivity contribution in [2.75, 3.05) is 31.3 Å². The van der Waals surface area contributed by atoms with Crippen molar-refractivity contribution < 1.29 is 9.18 Å². The van der Waals surface area contributed by atoms with Crippen LogP contribution in [0.4, 0.5) is 27.3 Å². The Morgan fingerprint density at radius 1 is 1.08 bits per heavy atom. The first kappa shape index (κ1) is 25.6. The zero-order valence-corrected chi connectivity index (χ0v) is 21.7. The lowest BCUT2D eigenvalue weighted by molar-refractivity contribution is 0.0956. The summed E-state index contributed by atoms with van der Waals surface area (Å²) in [6.45, 7) is 5.29. The average Bonchev–Trinajstić information content (AvgIpc) is 2.83. The number of amides is 1. The summed E-state index contributed by atoms with van der Waals surface area (Å²) in [5.74, 6) is 0.371. The zero-order valence-electron chi connectivity index (χ0n) is 21.7. The van der Waals surface area contributed by atoms with Crippen LogP contribution in [0.2, 0.25) is 0 Å². The van der Waals surface area contributed by atoms with Gasteiger partial charge in [-0.25, -0.2) is 9.37 Å². The van der Waals surface area contributed by atoms with Gasteiger partial charge in [-0.05, 0) is 89.5 Å². The lowest BCUT2D eigenvalue weighted by atomic mass is 9.87. The van der Waals surface area contributed by atoms with Crippen LogP contribution in [0.5, 0.6) is 0 Å². The molecule has 0 aliphatic heterocycles. The highest BCUT2D eigenvalue weighted by atomic mass is 19.1. The van der Waals surface area contributed by atoms with Crippen molar-refractivity contribution in [1.29, 1.82) is 0 Å². The number of alkyl halides is 1. The van der Waals surface area contributed by atoms with Crippen LogP contribution in [0.3, 0.4) is 0 Å². The molecule has 0 radical (unpaired) electrons. The van der Waals surface area contributed by atoms with Gasteiger partial charge in [0.2, 0.25) is 0 Å².